The quantitative estimate of drug-likeness (QED) is 0.415. The van der Waals surface area contributed by atoms with Gasteiger partial charge in [0.2, 0.25) is 5.91 Å². The Morgan fingerprint density at radius 1 is 1.50 bits per heavy atom. The van der Waals surface area contributed by atoms with Crippen LogP contribution >= 0.6 is 0 Å². The summed E-state index contributed by atoms with van der Waals surface area (Å²) in [7, 11) is 0. The number of aliphatic carboxylic acids is 1. The van der Waals surface area contributed by atoms with E-state index in [0.29, 0.717) is 6.42 Å². The van der Waals surface area contributed by atoms with Gasteiger partial charge in [-0.2, -0.15) is 0 Å². The molecule has 6 nitrogen and oxygen atoms in total. The number of aliphatic hydroxyl groups excluding tert-OH is 1. The molecule has 0 saturated heterocycles. The number of hydrogen-bond acceptors (Lipinski definition) is 4. The summed E-state index contributed by atoms with van der Waals surface area (Å²) < 4.78 is 0. The number of hydrogen-bond donors (Lipinski definition) is 4. The Kier molecular flexibility index (Phi) is 5.82. The molecule has 0 aliphatic rings. The molecule has 0 saturated carbocycles. The van der Waals surface area contributed by atoms with E-state index in [2.05, 4.69) is 5.32 Å². The van der Waals surface area contributed by atoms with Crippen LogP contribution in [0.2, 0.25) is 0 Å². The second kappa shape index (κ2) is 6.33. The van der Waals surface area contributed by atoms with Crippen LogP contribution in [0.15, 0.2) is 0 Å². The van der Waals surface area contributed by atoms with Crippen LogP contribution in [0.4, 0.5) is 0 Å². The zero-order valence-corrected chi connectivity index (χ0v) is 8.06. The molecule has 0 aromatic carbocycles. The van der Waals surface area contributed by atoms with Crippen molar-refractivity contribution in [3.8, 4) is 0 Å². The molecule has 2 atom stereocenters. The highest BCUT2D eigenvalue weighted by atomic mass is 16.4. The Balaban J connectivity index is 3.88. The number of carboxylic acids is 1. The largest absolute Gasteiger partial charge is 0.481 e. The Labute approximate surface area is 82.1 Å². The highest BCUT2D eigenvalue weighted by molar-refractivity contribution is 5.85. The minimum atomic E-state index is -1.14. The Bertz CT molecular complexity index is 208. The van der Waals surface area contributed by atoms with Crippen LogP contribution in [-0.4, -0.2) is 34.4 Å². The molecule has 0 bridgehead atoms. The Morgan fingerprint density at radius 2 is 2.07 bits per heavy atom. The predicted molar refractivity (Wildman–Crippen MR) is 49.3 cm³/mol. The van der Waals surface area contributed by atoms with E-state index in [-0.39, 0.29) is 0 Å². The van der Waals surface area contributed by atoms with Gasteiger partial charge < -0.3 is 21.3 Å². The van der Waals surface area contributed by atoms with Crippen molar-refractivity contribution in [2.24, 2.45) is 5.73 Å². The first kappa shape index (κ1) is 12.9. The monoisotopic (exact) mass is 204 g/mol. The molecule has 82 valence electrons. The lowest BCUT2D eigenvalue weighted by Crippen LogP contribution is -2.46. The molecule has 1 amide bonds. The third-order valence-electron chi connectivity index (χ3n) is 1.60. The lowest BCUT2D eigenvalue weighted by molar-refractivity contribution is -0.140. The molecular formula is C8H16N2O4. The van der Waals surface area contributed by atoms with Crippen molar-refractivity contribution in [1.29, 1.82) is 0 Å². The summed E-state index contributed by atoms with van der Waals surface area (Å²) in [6.45, 7) is 1.85. The molecular weight excluding hydrogens is 188 g/mol. The SMILES string of the molecule is CCCC(O)NC(=O)[C@@H](N)CC(=O)O. The highest BCUT2D eigenvalue weighted by Crippen LogP contribution is 1.94. The van der Waals surface area contributed by atoms with Crippen molar-refractivity contribution in [3.05, 3.63) is 0 Å². The molecule has 6 heteroatoms. The molecule has 0 aliphatic carbocycles. The lowest BCUT2D eigenvalue weighted by atomic mass is 10.2. The topological polar surface area (TPSA) is 113 Å². The van der Waals surface area contributed by atoms with Crippen molar-refractivity contribution in [2.75, 3.05) is 0 Å². The van der Waals surface area contributed by atoms with Crippen LogP contribution in [0.25, 0.3) is 0 Å². The van der Waals surface area contributed by atoms with Gasteiger partial charge >= 0.3 is 5.97 Å². The number of nitrogens with two attached hydrogens (primary N) is 1. The summed E-state index contributed by atoms with van der Waals surface area (Å²) >= 11 is 0. The molecule has 0 aromatic rings. The first-order valence-corrected chi connectivity index (χ1v) is 4.43. The van der Waals surface area contributed by atoms with E-state index < -0.39 is 30.6 Å². The summed E-state index contributed by atoms with van der Waals surface area (Å²) in [5.41, 5.74) is 5.26. The van der Waals surface area contributed by atoms with Crippen molar-refractivity contribution in [3.63, 3.8) is 0 Å². The fourth-order valence-electron chi connectivity index (χ4n) is 0.898. The van der Waals surface area contributed by atoms with Gasteiger partial charge in [0.1, 0.15) is 6.23 Å². The molecule has 0 spiro atoms. The fraction of sp³-hybridized carbons (Fsp3) is 0.750. The summed E-state index contributed by atoms with van der Waals surface area (Å²) in [5, 5.41) is 19.7. The zero-order valence-electron chi connectivity index (χ0n) is 8.06. The number of rotatable bonds is 6. The first-order valence-electron chi connectivity index (χ1n) is 4.43. The number of carbonyl (C=O) groups excluding carboxylic acids is 1. The van der Waals surface area contributed by atoms with E-state index in [0.717, 1.165) is 6.42 Å². The standard InChI is InChI=1S/C8H16N2O4/c1-2-3-6(11)10-8(14)5(9)4-7(12)13/h5-6,11H,2-4,9H2,1H3,(H,10,14)(H,12,13)/t5-,6?/m0/s1. The Hall–Kier alpha value is -1.14. The van der Waals surface area contributed by atoms with Gasteiger partial charge in [-0.15, -0.1) is 0 Å². The minimum Gasteiger partial charge on any atom is -0.481 e. The van der Waals surface area contributed by atoms with Gasteiger partial charge in [-0.05, 0) is 6.42 Å². The number of amides is 1. The smallest absolute Gasteiger partial charge is 0.305 e. The zero-order chi connectivity index (χ0) is 11.1. The number of nitrogens with one attached hydrogen (secondary N) is 1. The van der Waals surface area contributed by atoms with Gasteiger partial charge in [0, 0.05) is 0 Å². The van der Waals surface area contributed by atoms with Crippen LogP contribution in [0.5, 0.6) is 0 Å². The van der Waals surface area contributed by atoms with E-state index in [4.69, 9.17) is 15.9 Å². The summed E-state index contributed by atoms with van der Waals surface area (Å²) in [5.74, 6) is -1.79. The summed E-state index contributed by atoms with van der Waals surface area (Å²) in [4.78, 5) is 21.3. The van der Waals surface area contributed by atoms with Crippen LogP contribution in [0.1, 0.15) is 26.2 Å². The molecule has 1 unspecified atom stereocenters. The van der Waals surface area contributed by atoms with Gasteiger partial charge in [-0.25, -0.2) is 0 Å². The van der Waals surface area contributed by atoms with Crippen LogP contribution in [0.3, 0.4) is 0 Å². The summed E-state index contributed by atoms with van der Waals surface area (Å²) in [6, 6.07) is -1.11. The molecule has 0 rings (SSSR count). The molecule has 14 heavy (non-hydrogen) atoms. The number of aliphatic hydroxyl groups is 1. The third kappa shape index (κ3) is 5.50. The number of carboxylic acid groups (broad SMARTS) is 1. The van der Waals surface area contributed by atoms with Gasteiger partial charge in [0.25, 0.3) is 0 Å². The maximum absolute atomic E-state index is 11.1. The van der Waals surface area contributed by atoms with Crippen LogP contribution < -0.4 is 11.1 Å². The number of carbonyl (C=O) groups is 2. The van der Waals surface area contributed by atoms with E-state index in [1.807, 2.05) is 6.92 Å². The van der Waals surface area contributed by atoms with E-state index in [1.54, 1.807) is 0 Å². The molecule has 0 radical (unpaired) electrons. The van der Waals surface area contributed by atoms with E-state index in [1.165, 1.54) is 0 Å². The molecule has 0 aliphatic heterocycles. The van der Waals surface area contributed by atoms with Crippen molar-refractivity contribution in [1.82, 2.24) is 5.32 Å². The molecule has 0 aromatic heterocycles. The second-order valence-electron chi connectivity index (χ2n) is 3.02. The van der Waals surface area contributed by atoms with Gasteiger partial charge in [-0.1, -0.05) is 13.3 Å². The predicted octanol–water partition coefficient (Wildman–Crippen LogP) is -0.977. The van der Waals surface area contributed by atoms with E-state index >= 15 is 0 Å². The van der Waals surface area contributed by atoms with E-state index in [9.17, 15) is 9.59 Å². The fourth-order valence-corrected chi connectivity index (χ4v) is 0.898. The van der Waals surface area contributed by atoms with Crippen molar-refractivity contribution >= 4 is 11.9 Å². The first-order chi connectivity index (χ1) is 6.47. The Morgan fingerprint density at radius 3 is 2.50 bits per heavy atom. The molecule has 0 heterocycles. The lowest BCUT2D eigenvalue weighted by Gasteiger charge is -2.14. The maximum atomic E-state index is 11.1. The highest BCUT2D eigenvalue weighted by Gasteiger charge is 2.18. The van der Waals surface area contributed by atoms with Gasteiger partial charge in [-0.3, -0.25) is 9.59 Å². The van der Waals surface area contributed by atoms with Crippen molar-refractivity contribution < 1.29 is 19.8 Å². The molecule has 0 fully saturated rings. The van der Waals surface area contributed by atoms with Crippen LogP contribution in [0, 0.1) is 0 Å². The van der Waals surface area contributed by atoms with Crippen LogP contribution in [-0.2, 0) is 9.59 Å². The molecule has 5 N–H and O–H groups in total. The minimum absolute atomic E-state index is 0.422. The second-order valence-corrected chi connectivity index (χ2v) is 3.02. The third-order valence-corrected chi connectivity index (χ3v) is 1.60. The maximum Gasteiger partial charge on any atom is 0.305 e. The summed E-state index contributed by atoms with van der Waals surface area (Å²) in [6.07, 6.45) is -0.251. The average molecular weight is 204 g/mol. The van der Waals surface area contributed by atoms with Gasteiger partial charge in [0.15, 0.2) is 0 Å². The average Bonchev–Trinajstić information content (AvgIpc) is 2.02. The normalized spacial score (nSPS) is 14.5. The van der Waals surface area contributed by atoms with Crippen molar-refractivity contribution in [2.45, 2.75) is 38.5 Å². The van der Waals surface area contributed by atoms with Gasteiger partial charge in [0.05, 0.1) is 12.5 Å².